The zero-order chi connectivity index (χ0) is 11.1. The summed E-state index contributed by atoms with van der Waals surface area (Å²) in [7, 11) is 1.59. The van der Waals surface area contributed by atoms with Gasteiger partial charge in [0, 0.05) is 19.9 Å². The van der Waals surface area contributed by atoms with Gasteiger partial charge in [-0.2, -0.15) is 0 Å². The second-order valence-corrected chi connectivity index (χ2v) is 2.95. The first kappa shape index (κ1) is 11.6. The number of methoxy groups -OCH3 is 1. The summed E-state index contributed by atoms with van der Waals surface area (Å²) < 4.78 is 4.90. The molecule has 0 spiro atoms. The van der Waals surface area contributed by atoms with E-state index in [1.54, 1.807) is 19.2 Å². The molecule has 82 valence electrons. The number of ether oxygens (including phenoxy) is 1. The third-order valence-electron chi connectivity index (χ3n) is 1.78. The first-order chi connectivity index (χ1) is 7.27. The zero-order valence-corrected chi connectivity index (χ0v) is 8.56. The maximum absolute atomic E-state index is 11.4. The molecule has 1 aromatic heterocycles. The van der Waals surface area contributed by atoms with Crippen LogP contribution in [0.5, 0.6) is 0 Å². The van der Waals surface area contributed by atoms with E-state index in [4.69, 9.17) is 9.84 Å². The van der Waals surface area contributed by atoms with Crippen LogP contribution < -0.4 is 5.32 Å². The van der Waals surface area contributed by atoms with Gasteiger partial charge >= 0.3 is 0 Å². The van der Waals surface area contributed by atoms with E-state index in [2.05, 4.69) is 10.3 Å². The third kappa shape index (κ3) is 3.65. The smallest absolute Gasteiger partial charge is 0.252 e. The Labute approximate surface area is 88.1 Å². The molecule has 15 heavy (non-hydrogen) atoms. The van der Waals surface area contributed by atoms with Gasteiger partial charge in [-0.05, 0) is 12.1 Å². The molecule has 5 heteroatoms. The van der Waals surface area contributed by atoms with Crippen molar-refractivity contribution in [1.29, 1.82) is 0 Å². The van der Waals surface area contributed by atoms with Crippen LogP contribution in [0.25, 0.3) is 0 Å². The van der Waals surface area contributed by atoms with E-state index < -0.39 is 0 Å². The third-order valence-corrected chi connectivity index (χ3v) is 1.78. The first-order valence-corrected chi connectivity index (χ1v) is 4.61. The molecule has 2 N–H and O–H groups in total. The molecule has 5 nitrogen and oxygen atoms in total. The average Bonchev–Trinajstić information content (AvgIpc) is 2.27. The summed E-state index contributed by atoms with van der Waals surface area (Å²) in [5.74, 6) is -0.236. The van der Waals surface area contributed by atoms with Crippen molar-refractivity contribution in [2.45, 2.75) is 6.61 Å². The van der Waals surface area contributed by atoms with Crippen LogP contribution in [0.2, 0.25) is 0 Å². The van der Waals surface area contributed by atoms with Crippen molar-refractivity contribution in [3.8, 4) is 0 Å². The van der Waals surface area contributed by atoms with Gasteiger partial charge in [-0.15, -0.1) is 0 Å². The first-order valence-electron chi connectivity index (χ1n) is 4.61. The van der Waals surface area contributed by atoms with Gasteiger partial charge in [-0.25, -0.2) is 0 Å². The van der Waals surface area contributed by atoms with Crippen molar-refractivity contribution in [2.75, 3.05) is 20.3 Å². The average molecular weight is 210 g/mol. The minimum atomic E-state index is -0.236. The number of aromatic nitrogens is 1. The summed E-state index contributed by atoms with van der Waals surface area (Å²) >= 11 is 0. The summed E-state index contributed by atoms with van der Waals surface area (Å²) in [6.07, 6.45) is 1.49. The number of amides is 1. The molecule has 0 fully saturated rings. The highest BCUT2D eigenvalue weighted by Crippen LogP contribution is 2.01. The molecular formula is C10H14N2O3. The number of nitrogens with zero attached hydrogens (tertiary/aromatic N) is 1. The maximum Gasteiger partial charge on any atom is 0.252 e. The molecule has 0 aromatic carbocycles. The standard InChI is InChI=1S/C10H14N2O3/c1-15-7-9-3-2-8(6-12-9)10(14)11-4-5-13/h2-3,6,13H,4-5,7H2,1H3,(H,11,14). The van der Waals surface area contributed by atoms with E-state index in [0.29, 0.717) is 12.2 Å². The van der Waals surface area contributed by atoms with Crippen LogP contribution in [0.1, 0.15) is 16.1 Å². The number of carbonyl (C=O) groups is 1. The van der Waals surface area contributed by atoms with Gasteiger partial charge < -0.3 is 15.2 Å². The quantitative estimate of drug-likeness (QED) is 0.714. The lowest BCUT2D eigenvalue weighted by molar-refractivity contribution is 0.0944. The van der Waals surface area contributed by atoms with Gasteiger partial charge in [0.25, 0.3) is 5.91 Å². The van der Waals surface area contributed by atoms with Crippen molar-refractivity contribution >= 4 is 5.91 Å². The summed E-state index contributed by atoms with van der Waals surface area (Å²) in [5, 5.41) is 11.1. The van der Waals surface area contributed by atoms with Crippen molar-refractivity contribution in [1.82, 2.24) is 10.3 Å². The van der Waals surface area contributed by atoms with Crippen molar-refractivity contribution in [3.63, 3.8) is 0 Å². The number of rotatable bonds is 5. The Kier molecular flexibility index (Phi) is 4.73. The lowest BCUT2D eigenvalue weighted by atomic mass is 10.2. The fraction of sp³-hybridized carbons (Fsp3) is 0.400. The molecule has 0 atom stereocenters. The highest BCUT2D eigenvalue weighted by molar-refractivity contribution is 5.93. The molecule has 0 aliphatic carbocycles. The SMILES string of the molecule is COCc1ccc(C(=O)NCCO)cn1. The number of hydrogen-bond donors (Lipinski definition) is 2. The highest BCUT2D eigenvalue weighted by atomic mass is 16.5. The number of aliphatic hydroxyl groups is 1. The van der Waals surface area contributed by atoms with E-state index in [0.717, 1.165) is 5.69 Å². The molecule has 0 saturated carbocycles. The molecule has 0 unspecified atom stereocenters. The van der Waals surface area contributed by atoms with Crippen LogP contribution in [0.15, 0.2) is 18.3 Å². The monoisotopic (exact) mass is 210 g/mol. The second kappa shape index (κ2) is 6.10. The van der Waals surface area contributed by atoms with E-state index in [-0.39, 0.29) is 19.1 Å². The molecule has 1 rings (SSSR count). The van der Waals surface area contributed by atoms with Crippen LogP contribution in [0.4, 0.5) is 0 Å². The van der Waals surface area contributed by atoms with Gasteiger partial charge in [0.2, 0.25) is 0 Å². The number of carbonyl (C=O) groups excluding carboxylic acids is 1. The largest absolute Gasteiger partial charge is 0.395 e. The minimum absolute atomic E-state index is 0.0685. The Balaban J connectivity index is 2.58. The Morgan fingerprint density at radius 2 is 2.40 bits per heavy atom. The van der Waals surface area contributed by atoms with Crippen molar-refractivity contribution in [2.24, 2.45) is 0 Å². The fourth-order valence-corrected chi connectivity index (χ4v) is 1.06. The number of pyridine rings is 1. The molecule has 0 bridgehead atoms. The predicted octanol–water partition coefficient (Wildman–Crippen LogP) is -0.0499. The fourth-order valence-electron chi connectivity index (χ4n) is 1.06. The Hall–Kier alpha value is -1.46. The van der Waals surface area contributed by atoms with Crippen molar-refractivity contribution in [3.05, 3.63) is 29.6 Å². The Morgan fingerprint density at radius 3 is 2.93 bits per heavy atom. The van der Waals surface area contributed by atoms with Crippen molar-refractivity contribution < 1.29 is 14.6 Å². The topological polar surface area (TPSA) is 71.5 Å². The van der Waals surface area contributed by atoms with E-state index >= 15 is 0 Å². The Morgan fingerprint density at radius 1 is 1.60 bits per heavy atom. The molecule has 1 heterocycles. The summed E-state index contributed by atoms with van der Waals surface area (Å²) in [6, 6.07) is 3.41. The second-order valence-electron chi connectivity index (χ2n) is 2.95. The predicted molar refractivity (Wildman–Crippen MR) is 54.4 cm³/mol. The highest BCUT2D eigenvalue weighted by Gasteiger charge is 2.04. The molecule has 0 aliphatic heterocycles. The minimum Gasteiger partial charge on any atom is -0.395 e. The summed E-state index contributed by atoms with van der Waals surface area (Å²) in [6.45, 7) is 0.609. The van der Waals surface area contributed by atoms with Crippen LogP contribution in [-0.2, 0) is 11.3 Å². The molecule has 0 radical (unpaired) electrons. The van der Waals surface area contributed by atoms with Crippen LogP contribution in [0, 0.1) is 0 Å². The van der Waals surface area contributed by atoms with Crippen LogP contribution in [0.3, 0.4) is 0 Å². The van der Waals surface area contributed by atoms with Gasteiger partial charge in [0.15, 0.2) is 0 Å². The van der Waals surface area contributed by atoms with Gasteiger partial charge in [0.05, 0.1) is 24.5 Å². The zero-order valence-electron chi connectivity index (χ0n) is 8.56. The maximum atomic E-state index is 11.4. The number of hydrogen-bond acceptors (Lipinski definition) is 4. The molecule has 1 aromatic rings. The van der Waals surface area contributed by atoms with Crippen LogP contribution >= 0.6 is 0 Å². The lowest BCUT2D eigenvalue weighted by Crippen LogP contribution is -2.26. The molecule has 1 amide bonds. The van der Waals surface area contributed by atoms with E-state index in [1.165, 1.54) is 6.20 Å². The molecule has 0 aliphatic rings. The number of aliphatic hydroxyl groups excluding tert-OH is 1. The van der Waals surface area contributed by atoms with Crippen LogP contribution in [-0.4, -0.2) is 36.3 Å². The van der Waals surface area contributed by atoms with E-state index in [9.17, 15) is 4.79 Å². The van der Waals surface area contributed by atoms with Gasteiger partial charge in [-0.3, -0.25) is 9.78 Å². The normalized spacial score (nSPS) is 10.0. The van der Waals surface area contributed by atoms with E-state index in [1.807, 2.05) is 0 Å². The Bertz CT molecular complexity index is 311. The summed E-state index contributed by atoms with van der Waals surface area (Å²) in [4.78, 5) is 15.4. The van der Waals surface area contributed by atoms with Gasteiger partial charge in [-0.1, -0.05) is 0 Å². The molecule has 0 saturated heterocycles. The number of nitrogens with one attached hydrogen (secondary N) is 1. The van der Waals surface area contributed by atoms with Gasteiger partial charge in [0.1, 0.15) is 0 Å². The molecular weight excluding hydrogens is 196 g/mol. The lowest BCUT2D eigenvalue weighted by Gasteiger charge is -2.03. The summed E-state index contributed by atoms with van der Waals surface area (Å²) in [5.41, 5.74) is 1.25.